The van der Waals surface area contributed by atoms with Crippen LogP contribution in [0.1, 0.15) is 15.9 Å². The van der Waals surface area contributed by atoms with Gasteiger partial charge >= 0.3 is 5.97 Å². The lowest BCUT2D eigenvalue weighted by molar-refractivity contribution is 0.0115. The molecule has 0 fully saturated rings. The SMILES string of the molecule is O=C(OCCOCCOCc1ccccc1)c1ccccc1O. The zero-order chi connectivity index (χ0) is 16.3. The largest absolute Gasteiger partial charge is 0.507 e. The van der Waals surface area contributed by atoms with Crippen LogP contribution in [0.25, 0.3) is 0 Å². The molecule has 0 spiro atoms. The summed E-state index contributed by atoms with van der Waals surface area (Å²) in [5.41, 5.74) is 1.27. The van der Waals surface area contributed by atoms with Gasteiger partial charge in [-0.2, -0.15) is 0 Å². The van der Waals surface area contributed by atoms with E-state index in [-0.39, 0.29) is 24.5 Å². The zero-order valence-electron chi connectivity index (χ0n) is 12.8. The summed E-state index contributed by atoms with van der Waals surface area (Å²) >= 11 is 0. The van der Waals surface area contributed by atoms with E-state index in [2.05, 4.69) is 0 Å². The fourth-order valence-corrected chi connectivity index (χ4v) is 1.90. The predicted molar refractivity (Wildman–Crippen MR) is 85.3 cm³/mol. The van der Waals surface area contributed by atoms with E-state index in [1.165, 1.54) is 12.1 Å². The second-order valence-electron chi connectivity index (χ2n) is 4.80. The summed E-state index contributed by atoms with van der Waals surface area (Å²) in [4.78, 5) is 11.7. The molecule has 5 heteroatoms. The summed E-state index contributed by atoms with van der Waals surface area (Å²) < 4.78 is 15.8. The first-order chi connectivity index (χ1) is 11.3. The van der Waals surface area contributed by atoms with Crippen LogP contribution < -0.4 is 0 Å². The van der Waals surface area contributed by atoms with Crippen molar-refractivity contribution in [2.45, 2.75) is 6.61 Å². The number of aromatic hydroxyl groups is 1. The van der Waals surface area contributed by atoms with Gasteiger partial charge < -0.3 is 19.3 Å². The highest BCUT2D eigenvalue weighted by molar-refractivity contribution is 5.92. The Morgan fingerprint density at radius 2 is 1.48 bits per heavy atom. The minimum atomic E-state index is -0.563. The van der Waals surface area contributed by atoms with E-state index < -0.39 is 5.97 Å². The molecular formula is C18H20O5. The number of carbonyl (C=O) groups excluding carboxylic acids is 1. The maximum Gasteiger partial charge on any atom is 0.341 e. The number of phenols is 1. The van der Waals surface area contributed by atoms with Gasteiger partial charge in [0.05, 0.1) is 26.4 Å². The van der Waals surface area contributed by atoms with Gasteiger partial charge in [0, 0.05) is 0 Å². The molecule has 122 valence electrons. The van der Waals surface area contributed by atoms with Crippen molar-refractivity contribution in [3.63, 3.8) is 0 Å². The quantitative estimate of drug-likeness (QED) is 0.569. The average molecular weight is 316 g/mol. The molecule has 0 saturated carbocycles. The number of esters is 1. The van der Waals surface area contributed by atoms with Crippen molar-refractivity contribution >= 4 is 5.97 Å². The fourth-order valence-electron chi connectivity index (χ4n) is 1.90. The lowest BCUT2D eigenvalue weighted by atomic mass is 10.2. The molecular weight excluding hydrogens is 296 g/mol. The predicted octanol–water partition coefficient (Wildman–Crippen LogP) is 2.78. The standard InChI is InChI=1S/C18H20O5/c19-17-9-5-4-8-16(17)18(20)23-13-12-21-10-11-22-14-15-6-2-1-3-7-15/h1-9,19H,10-14H2. The number of phenolic OH excluding ortho intramolecular Hbond substituents is 1. The van der Waals surface area contributed by atoms with E-state index >= 15 is 0 Å². The van der Waals surface area contributed by atoms with Crippen LogP contribution in [-0.4, -0.2) is 37.5 Å². The molecule has 0 radical (unpaired) electrons. The third-order valence-electron chi connectivity index (χ3n) is 3.07. The van der Waals surface area contributed by atoms with Gasteiger partial charge in [0.1, 0.15) is 17.9 Å². The smallest absolute Gasteiger partial charge is 0.341 e. The van der Waals surface area contributed by atoms with E-state index in [0.29, 0.717) is 19.8 Å². The fraction of sp³-hybridized carbons (Fsp3) is 0.278. The Hall–Kier alpha value is -2.37. The van der Waals surface area contributed by atoms with Crippen LogP contribution in [0, 0.1) is 0 Å². The summed E-state index contributed by atoms with van der Waals surface area (Å²) in [6, 6.07) is 16.2. The Morgan fingerprint density at radius 1 is 0.826 bits per heavy atom. The maximum absolute atomic E-state index is 11.7. The molecule has 1 N–H and O–H groups in total. The highest BCUT2D eigenvalue weighted by Gasteiger charge is 2.10. The molecule has 0 saturated heterocycles. The first-order valence-electron chi connectivity index (χ1n) is 7.42. The van der Waals surface area contributed by atoms with E-state index in [0.717, 1.165) is 5.56 Å². The second kappa shape index (κ2) is 9.61. The van der Waals surface area contributed by atoms with Crippen LogP contribution in [0.3, 0.4) is 0 Å². The molecule has 2 aromatic carbocycles. The van der Waals surface area contributed by atoms with Gasteiger partial charge in [-0.1, -0.05) is 42.5 Å². The number of hydrogen-bond acceptors (Lipinski definition) is 5. The van der Waals surface area contributed by atoms with E-state index in [4.69, 9.17) is 14.2 Å². The van der Waals surface area contributed by atoms with Crippen LogP contribution in [0.15, 0.2) is 54.6 Å². The molecule has 0 amide bonds. The molecule has 23 heavy (non-hydrogen) atoms. The molecule has 2 aromatic rings. The topological polar surface area (TPSA) is 65.0 Å². The van der Waals surface area contributed by atoms with Crippen LogP contribution in [0.4, 0.5) is 0 Å². The summed E-state index contributed by atoms with van der Waals surface area (Å²) in [6.07, 6.45) is 0. The van der Waals surface area contributed by atoms with Gasteiger partial charge in [-0.15, -0.1) is 0 Å². The van der Waals surface area contributed by atoms with Crippen LogP contribution in [0.2, 0.25) is 0 Å². The first-order valence-corrected chi connectivity index (χ1v) is 7.42. The molecule has 2 rings (SSSR count). The van der Waals surface area contributed by atoms with Gasteiger partial charge in [-0.25, -0.2) is 4.79 Å². The number of benzene rings is 2. The Kier molecular flexibility index (Phi) is 7.10. The van der Waals surface area contributed by atoms with Gasteiger partial charge in [-0.05, 0) is 17.7 Å². The molecule has 0 aliphatic rings. The molecule has 0 bridgehead atoms. The van der Waals surface area contributed by atoms with Crippen molar-refractivity contribution in [2.24, 2.45) is 0 Å². The minimum absolute atomic E-state index is 0.0901. The number of carbonyl (C=O) groups is 1. The van der Waals surface area contributed by atoms with Crippen LogP contribution >= 0.6 is 0 Å². The lowest BCUT2D eigenvalue weighted by Crippen LogP contribution is -2.13. The average Bonchev–Trinajstić information content (AvgIpc) is 2.58. The number of ether oxygens (including phenoxy) is 3. The number of rotatable bonds is 9. The third kappa shape index (κ3) is 6.10. The Morgan fingerprint density at radius 3 is 2.26 bits per heavy atom. The van der Waals surface area contributed by atoms with Crippen molar-refractivity contribution in [3.05, 3.63) is 65.7 Å². The molecule has 0 aliphatic carbocycles. The van der Waals surface area contributed by atoms with Crippen molar-refractivity contribution in [1.82, 2.24) is 0 Å². The van der Waals surface area contributed by atoms with E-state index in [1.54, 1.807) is 12.1 Å². The van der Waals surface area contributed by atoms with Crippen molar-refractivity contribution in [3.8, 4) is 5.75 Å². The first kappa shape index (κ1) is 17.0. The van der Waals surface area contributed by atoms with Gasteiger partial charge in [0.25, 0.3) is 0 Å². The molecule has 0 aliphatic heterocycles. The molecule has 0 unspecified atom stereocenters. The Balaban J connectivity index is 1.51. The minimum Gasteiger partial charge on any atom is -0.507 e. The number of para-hydroxylation sites is 1. The second-order valence-corrected chi connectivity index (χ2v) is 4.80. The number of hydrogen-bond donors (Lipinski definition) is 1. The summed E-state index contributed by atoms with van der Waals surface area (Å²) in [7, 11) is 0. The van der Waals surface area contributed by atoms with Crippen molar-refractivity contribution in [2.75, 3.05) is 26.4 Å². The summed E-state index contributed by atoms with van der Waals surface area (Å²) in [6.45, 7) is 1.87. The summed E-state index contributed by atoms with van der Waals surface area (Å²) in [5, 5.41) is 9.53. The zero-order valence-corrected chi connectivity index (χ0v) is 12.8. The monoisotopic (exact) mass is 316 g/mol. The highest BCUT2D eigenvalue weighted by atomic mass is 16.6. The molecule has 0 atom stereocenters. The normalized spacial score (nSPS) is 10.4. The van der Waals surface area contributed by atoms with Crippen molar-refractivity contribution < 1.29 is 24.1 Å². The van der Waals surface area contributed by atoms with Gasteiger partial charge in [0.2, 0.25) is 0 Å². The van der Waals surface area contributed by atoms with Crippen molar-refractivity contribution in [1.29, 1.82) is 0 Å². The van der Waals surface area contributed by atoms with Crippen LogP contribution in [-0.2, 0) is 20.8 Å². The Labute approximate surface area is 135 Å². The van der Waals surface area contributed by atoms with E-state index in [9.17, 15) is 9.90 Å². The van der Waals surface area contributed by atoms with Gasteiger partial charge in [0.15, 0.2) is 0 Å². The van der Waals surface area contributed by atoms with Crippen LogP contribution in [0.5, 0.6) is 5.75 Å². The molecule has 0 heterocycles. The highest BCUT2D eigenvalue weighted by Crippen LogP contribution is 2.16. The molecule has 5 nitrogen and oxygen atoms in total. The summed E-state index contributed by atoms with van der Waals surface area (Å²) in [5.74, 6) is -0.653. The maximum atomic E-state index is 11.7. The van der Waals surface area contributed by atoms with Gasteiger partial charge in [-0.3, -0.25) is 0 Å². The third-order valence-corrected chi connectivity index (χ3v) is 3.07. The lowest BCUT2D eigenvalue weighted by Gasteiger charge is -2.08. The molecule has 0 aromatic heterocycles. The van der Waals surface area contributed by atoms with E-state index in [1.807, 2.05) is 30.3 Å². The Bertz CT molecular complexity index is 597.